The fourth-order valence-electron chi connectivity index (χ4n) is 3.27. The largest absolute Gasteiger partial charge is 0.381 e. The maximum atomic E-state index is 3.72. The van der Waals surface area contributed by atoms with Crippen molar-refractivity contribution in [3.8, 4) is 0 Å². The number of hydrogen-bond donors (Lipinski definition) is 2. The third-order valence-electron chi connectivity index (χ3n) is 4.19. The van der Waals surface area contributed by atoms with E-state index in [1.807, 2.05) is 0 Å². The van der Waals surface area contributed by atoms with E-state index in [0.717, 1.165) is 12.5 Å². The van der Waals surface area contributed by atoms with Crippen LogP contribution >= 0.6 is 0 Å². The predicted molar refractivity (Wildman–Crippen MR) is 72.5 cm³/mol. The lowest BCUT2D eigenvalue weighted by Crippen LogP contribution is -2.26. The molecule has 1 aromatic carbocycles. The molecule has 2 heterocycles. The Hall–Kier alpha value is -1.02. The number of hydrogen-bond acceptors (Lipinski definition) is 2. The third-order valence-corrected chi connectivity index (χ3v) is 4.19. The summed E-state index contributed by atoms with van der Waals surface area (Å²) < 4.78 is 0. The fourth-order valence-corrected chi connectivity index (χ4v) is 3.27. The molecular formula is C15H22N2. The van der Waals surface area contributed by atoms with Gasteiger partial charge in [-0.25, -0.2) is 0 Å². The summed E-state index contributed by atoms with van der Waals surface area (Å²) in [6.45, 7) is 2.36. The van der Waals surface area contributed by atoms with Gasteiger partial charge in [-0.15, -0.1) is 0 Å². The van der Waals surface area contributed by atoms with Gasteiger partial charge in [0.2, 0.25) is 0 Å². The van der Waals surface area contributed by atoms with Gasteiger partial charge in [0.05, 0.1) is 0 Å². The average Bonchev–Trinajstić information content (AvgIpc) is 2.72. The van der Waals surface area contributed by atoms with Gasteiger partial charge in [-0.05, 0) is 44.0 Å². The van der Waals surface area contributed by atoms with Crippen molar-refractivity contribution in [2.24, 2.45) is 0 Å². The van der Waals surface area contributed by atoms with Crippen LogP contribution in [-0.2, 0) is 0 Å². The number of fused-ring (bicyclic) bond motifs is 3. The zero-order valence-electron chi connectivity index (χ0n) is 10.4. The van der Waals surface area contributed by atoms with Crippen LogP contribution in [0.3, 0.4) is 0 Å². The van der Waals surface area contributed by atoms with E-state index < -0.39 is 0 Å². The highest BCUT2D eigenvalue weighted by Gasteiger charge is 2.30. The molecule has 0 bridgehead atoms. The highest BCUT2D eigenvalue weighted by molar-refractivity contribution is 5.59. The van der Waals surface area contributed by atoms with Crippen molar-refractivity contribution >= 4 is 5.69 Å². The maximum Gasteiger partial charge on any atom is 0.0378 e. The highest BCUT2D eigenvalue weighted by atomic mass is 15.0. The topological polar surface area (TPSA) is 24.1 Å². The first kappa shape index (κ1) is 11.1. The Morgan fingerprint density at radius 1 is 0.941 bits per heavy atom. The smallest absolute Gasteiger partial charge is 0.0378 e. The molecule has 0 saturated carbocycles. The number of anilines is 1. The van der Waals surface area contributed by atoms with Crippen molar-refractivity contribution in [3.63, 3.8) is 0 Å². The quantitative estimate of drug-likeness (QED) is 0.715. The zero-order valence-corrected chi connectivity index (χ0v) is 10.4. The first-order valence-corrected chi connectivity index (χ1v) is 7.01. The van der Waals surface area contributed by atoms with Crippen LogP contribution in [-0.4, -0.2) is 19.1 Å². The predicted octanol–water partition coefficient (Wildman–Crippen LogP) is 3.12. The van der Waals surface area contributed by atoms with Crippen LogP contribution < -0.4 is 10.6 Å². The molecule has 3 rings (SSSR count). The summed E-state index contributed by atoms with van der Waals surface area (Å²) in [5, 5.41) is 7.30. The molecule has 0 aromatic heterocycles. The number of para-hydroxylation sites is 1. The van der Waals surface area contributed by atoms with Crippen molar-refractivity contribution < 1.29 is 0 Å². The number of benzene rings is 1. The van der Waals surface area contributed by atoms with Crippen LogP contribution in [0.5, 0.6) is 0 Å². The third kappa shape index (κ3) is 2.32. The van der Waals surface area contributed by atoms with Gasteiger partial charge in [0.25, 0.3) is 0 Å². The van der Waals surface area contributed by atoms with E-state index in [9.17, 15) is 0 Å². The Bertz CT molecular complexity index is 375. The molecule has 2 unspecified atom stereocenters. The minimum absolute atomic E-state index is 0.673. The second-order valence-electron chi connectivity index (χ2n) is 5.33. The Kier molecular flexibility index (Phi) is 3.32. The average molecular weight is 230 g/mol. The second-order valence-corrected chi connectivity index (χ2v) is 5.33. The van der Waals surface area contributed by atoms with Crippen LogP contribution in [0, 0.1) is 0 Å². The van der Waals surface area contributed by atoms with E-state index in [1.54, 1.807) is 5.56 Å². The van der Waals surface area contributed by atoms with E-state index in [-0.39, 0.29) is 0 Å². The maximum absolute atomic E-state index is 3.72. The Morgan fingerprint density at radius 2 is 1.88 bits per heavy atom. The van der Waals surface area contributed by atoms with Gasteiger partial charge < -0.3 is 10.6 Å². The lowest BCUT2D eigenvalue weighted by molar-refractivity contribution is 0.454. The Balaban J connectivity index is 1.79. The van der Waals surface area contributed by atoms with Crippen LogP contribution in [0.1, 0.15) is 43.6 Å². The first-order valence-electron chi connectivity index (χ1n) is 7.01. The molecule has 1 aromatic rings. The van der Waals surface area contributed by atoms with Gasteiger partial charge in [-0.2, -0.15) is 0 Å². The molecule has 17 heavy (non-hydrogen) atoms. The molecule has 92 valence electrons. The van der Waals surface area contributed by atoms with Crippen molar-refractivity contribution in [1.29, 1.82) is 0 Å². The van der Waals surface area contributed by atoms with Crippen molar-refractivity contribution in [2.45, 2.75) is 44.1 Å². The van der Waals surface area contributed by atoms with Crippen LogP contribution in [0.25, 0.3) is 0 Å². The fraction of sp³-hybridized carbons (Fsp3) is 0.600. The van der Waals surface area contributed by atoms with Crippen molar-refractivity contribution in [3.05, 3.63) is 29.8 Å². The summed E-state index contributed by atoms with van der Waals surface area (Å²) in [6, 6.07) is 9.53. The minimum atomic E-state index is 0.673. The summed E-state index contributed by atoms with van der Waals surface area (Å²) in [7, 11) is 0. The van der Waals surface area contributed by atoms with Gasteiger partial charge in [0, 0.05) is 17.6 Å². The Morgan fingerprint density at radius 3 is 2.88 bits per heavy atom. The van der Waals surface area contributed by atoms with E-state index >= 15 is 0 Å². The van der Waals surface area contributed by atoms with E-state index in [1.165, 1.54) is 44.3 Å². The van der Waals surface area contributed by atoms with Crippen LogP contribution in [0.4, 0.5) is 5.69 Å². The van der Waals surface area contributed by atoms with Crippen molar-refractivity contribution in [1.82, 2.24) is 5.32 Å². The summed E-state index contributed by atoms with van der Waals surface area (Å²) in [5.74, 6) is 0.719. The SMILES string of the molecule is c1ccc2c(c1)NC1CCCCCNCCC21. The molecule has 1 fully saturated rings. The van der Waals surface area contributed by atoms with Gasteiger partial charge in [-0.3, -0.25) is 0 Å². The lowest BCUT2D eigenvalue weighted by Gasteiger charge is -2.22. The molecular weight excluding hydrogens is 208 g/mol. The van der Waals surface area contributed by atoms with Crippen LogP contribution in [0.2, 0.25) is 0 Å². The standard InChI is InChI=1S/C15H22N2/c1-2-7-15-13(9-11-16-10-5-1)12-6-3-4-8-14(12)17-15/h3-4,6,8,13,15-17H,1-2,5,7,9-11H2. The summed E-state index contributed by atoms with van der Waals surface area (Å²) in [5.41, 5.74) is 2.92. The molecule has 0 amide bonds. The first-order chi connectivity index (χ1) is 8.45. The highest BCUT2D eigenvalue weighted by Crippen LogP contribution is 2.39. The van der Waals surface area contributed by atoms with E-state index in [2.05, 4.69) is 34.9 Å². The Labute approximate surface area is 104 Å². The molecule has 0 radical (unpaired) electrons. The molecule has 2 aliphatic rings. The van der Waals surface area contributed by atoms with Crippen molar-refractivity contribution in [2.75, 3.05) is 18.4 Å². The van der Waals surface area contributed by atoms with E-state index in [0.29, 0.717) is 6.04 Å². The normalized spacial score (nSPS) is 28.9. The molecule has 0 aliphatic carbocycles. The minimum Gasteiger partial charge on any atom is -0.381 e. The van der Waals surface area contributed by atoms with Crippen LogP contribution in [0.15, 0.2) is 24.3 Å². The molecule has 2 heteroatoms. The molecule has 2 atom stereocenters. The van der Waals surface area contributed by atoms with Gasteiger partial charge >= 0.3 is 0 Å². The summed E-state index contributed by atoms with van der Waals surface area (Å²) in [6.07, 6.45) is 6.68. The summed E-state index contributed by atoms with van der Waals surface area (Å²) >= 11 is 0. The van der Waals surface area contributed by atoms with E-state index in [4.69, 9.17) is 0 Å². The van der Waals surface area contributed by atoms with Gasteiger partial charge in [-0.1, -0.05) is 31.0 Å². The summed E-state index contributed by atoms with van der Waals surface area (Å²) in [4.78, 5) is 0. The number of rotatable bonds is 0. The molecule has 2 aliphatic heterocycles. The molecule has 1 saturated heterocycles. The molecule has 2 N–H and O–H groups in total. The van der Waals surface area contributed by atoms with Gasteiger partial charge in [0.1, 0.15) is 0 Å². The number of nitrogens with one attached hydrogen (secondary N) is 2. The lowest BCUT2D eigenvalue weighted by atomic mass is 9.88. The zero-order chi connectivity index (χ0) is 11.5. The monoisotopic (exact) mass is 230 g/mol. The van der Waals surface area contributed by atoms with Gasteiger partial charge in [0.15, 0.2) is 0 Å². The second kappa shape index (κ2) is 5.09. The molecule has 0 spiro atoms. The molecule has 2 nitrogen and oxygen atoms in total.